The third kappa shape index (κ3) is 5.97. The molecule has 3 heterocycles. The molecule has 42 heavy (non-hydrogen) atoms. The minimum absolute atomic E-state index is 0.127. The lowest BCUT2D eigenvalue weighted by Gasteiger charge is -2.32. The van der Waals surface area contributed by atoms with Gasteiger partial charge in [0.2, 0.25) is 5.88 Å². The Labute approximate surface area is 244 Å². The molecular weight excluding hydrogens is 528 g/mol. The number of amides is 1. The van der Waals surface area contributed by atoms with E-state index in [0.717, 1.165) is 49.5 Å². The molecule has 0 radical (unpaired) electrons. The first kappa shape index (κ1) is 27.4. The predicted octanol–water partition coefficient (Wildman–Crippen LogP) is 5.74. The lowest BCUT2D eigenvalue weighted by Crippen LogP contribution is -2.43. The molecule has 6 rings (SSSR count). The van der Waals surface area contributed by atoms with Crippen LogP contribution in [0.5, 0.6) is 17.4 Å². The molecular formula is C33H34N6O3. The zero-order valence-electron chi connectivity index (χ0n) is 24.0. The molecule has 9 nitrogen and oxygen atoms in total. The van der Waals surface area contributed by atoms with E-state index in [-0.39, 0.29) is 11.7 Å². The maximum Gasteiger partial charge on any atom is 0.255 e. The highest BCUT2D eigenvalue weighted by Crippen LogP contribution is 2.32. The Morgan fingerprint density at radius 2 is 1.81 bits per heavy atom. The number of piperazine rings is 1. The number of nitrogens with one attached hydrogen (secondary N) is 2. The number of carbonyl (C=O) groups is 1. The summed E-state index contributed by atoms with van der Waals surface area (Å²) in [5.74, 6) is 1.17. The van der Waals surface area contributed by atoms with Crippen molar-refractivity contribution >= 4 is 22.6 Å². The molecule has 214 valence electrons. The molecule has 1 aliphatic heterocycles. The number of rotatable bonds is 7. The van der Waals surface area contributed by atoms with Crippen molar-refractivity contribution in [3.63, 3.8) is 0 Å². The number of aromatic hydroxyl groups is 1. The number of ether oxygens (including phenoxy) is 1. The third-order valence-electron chi connectivity index (χ3n) is 7.72. The van der Waals surface area contributed by atoms with Gasteiger partial charge in [-0.3, -0.25) is 9.69 Å². The van der Waals surface area contributed by atoms with Crippen LogP contribution in [0.4, 0.5) is 5.69 Å². The highest BCUT2D eigenvalue weighted by molar-refractivity contribution is 6.04. The smallest absolute Gasteiger partial charge is 0.255 e. The van der Waals surface area contributed by atoms with Crippen LogP contribution in [0.1, 0.15) is 27.0 Å². The molecule has 1 fully saturated rings. The molecule has 1 amide bonds. The van der Waals surface area contributed by atoms with Crippen molar-refractivity contribution in [3.05, 3.63) is 95.2 Å². The minimum Gasteiger partial charge on any atom is -0.508 e. The molecule has 2 aromatic heterocycles. The standard InChI is InChI=1S/C33H34N6O3/c1-21-7-8-24(32(41)35-26-10-9-25(22(2)17-26)20-39-15-13-38(3)14-16-39)19-29(21)42-33-30-28(11-12-34-30)36-31(37-33)23-5-4-6-27(40)18-23/h4-12,17-19,34,40H,13-16,20H2,1-3H3,(H,35,41). The van der Waals surface area contributed by atoms with Crippen LogP contribution in [-0.2, 0) is 6.54 Å². The van der Waals surface area contributed by atoms with Crippen molar-refractivity contribution in [1.29, 1.82) is 0 Å². The Hall–Kier alpha value is -4.73. The first-order valence-corrected chi connectivity index (χ1v) is 14.1. The molecule has 3 N–H and O–H groups in total. The summed E-state index contributed by atoms with van der Waals surface area (Å²) in [6.45, 7) is 9.22. The van der Waals surface area contributed by atoms with Gasteiger partial charge < -0.3 is 25.0 Å². The quantitative estimate of drug-likeness (QED) is 0.232. The summed E-state index contributed by atoms with van der Waals surface area (Å²) in [6.07, 6.45) is 1.77. The van der Waals surface area contributed by atoms with Gasteiger partial charge in [-0.05, 0) is 80.1 Å². The zero-order valence-corrected chi connectivity index (χ0v) is 24.0. The maximum atomic E-state index is 13.3. The van der Waals surface area contributed by atoms with Gasteiger partial charge in [0.1, 0.15) is 17.0 Å². The predicted molar refractivity (Wildman–Crippen MR) is 164 cm³/mol. The number of hydrogen-bond acceptors (Lipinski definition) is 7. The molecule has 9 heteroatoms. The van der Waals surface area contributed by atoms with E-state index in [1.165, 1.54) is 5.56 Å². The largest absolute Gasteiger partial charge is 0.508 e. The van der Waals surface area contributed by atoms with Crippen LogP contribution in [0, 0.1) is 13.8 Å². The highest BCUT2D eigenvalue weighted by atomic mass is 16.5. The van der Waals surface area contributed by atoms with E-state index in [2.05, 4.69) is 50.1 Å². The number of phenols is 1. The number of H-pyrrole nitrogens is 1. The summed E-state index contributed by atoms with van der Waals surface area (Å²) in [5, 5.41) is 13.0. The van der Waals surface area contributed by atoms with E-state index < -0.39 is 0 Å². The number of fused-ring (bicyclic) bond motifs is 1. The number of nitrogens with zero attached hydrogens (tertiary/aromatic N) is 4. The van der Waals surface area contributed by atoms with E-state index >= 15 is 0 Å². The number of aryl methyl sites for hydroxylation is 2. The summed E-state index contributed by atoms with van der Waals surface area (Å²) in [4.78, 5) is 30.5. The van der Waals surface area contributed by atoms with Gasteiger partial charge in [0.05, 0.1) is 5.52 Å². The number of likely N-dealkylation sites (N-methyl/N-ethyl adjacent to an activating group) is 1. The minimum atomic E-state index is -0.223. The van der Waals surface area contributed by atoms with Crippen molar-refractivity contribution < 1.29 is 14.6 Å². The summed E-state index contributed by atoms with van der Waals surface area (Å²) in [6, 6.07) is 20.1. The van der Waals surface area contributed by atoms with Crippen LogP contribution in [-0.4, -0.2) is 69.0 Å². The fourth-order valence-corrected chi connectivity index (χ4v) is 5.12. The van der Waals surface area contributed by atoms with Crippen molar-refractivity contribution in [1.82, 2.24) is 24.8 Å². The van der Waals surface area contributed by atoms with E-state index in [1.807, 2.05) is 37.3 Å². The van der Waals surface area contributed by atoms with Gasteiger partial charge in [0.25, 0.3) is 5.91 Å². The highest BCUT2D eigenvalue weighted by Gasteiger charge is 2.17. The monoisotopic (exact) mass is 562 g/mol. The van der Waals surface area contributed by atoms with Crippen molar-refractivity contribution in [2.75, 3.05) is 38.5 Å². The summed E-state index contributed by atoms with van der Waals surface area (Å²) < 4.78 is 6.30. The third-order valence-corrected chi connectivity index (χ3v) is 7.72. The average Bonchev–Trinajstić information content (AvgIpc) is 3.46. The van der Waals surface area contributed by atoms with Crippen LogP contribution < -0.4 is 10.1 Å². The number of aromatic amines is 1. The second kappa shape index (κ2) is 11.6. The van der Waals surface area contributed by atoms with Crippen molar-refractivity contribution in [3.8, 4) is 28.8 Å². The Morgan fingerprint density at radius 3 is 2.60 bits per heavy atom. The number of carbonyl (C=O) groups excluding carboxylic acids is 1. The van der Waals surface area contributed by atoms with Crippen LogP contribution in [0.3, 0.4) is 0 Å². The van der Waals surface area contributed by atoms with Gasteiger partial charge in [-0.25, -0.2) is 4.98 Å². The number of phenolic OH excluding ortho intramolecular Hbond substituents is 1. The normalized spacial score (nSPS) is 14.3. The van der Waals surface area contributed by atoms with Crippen molar-refractivity contribution in [2.45, 2.75) is 20.4 Å². The number of benzene rings is 3. The van der Waals surface area contributed by atoms with E-state index in [4.69, 9.17) is 4.74 Å². The van der Waals surface area contributed by atoms with Gasteiger partial charge >= 0.3 is 0 Å². The first-order valence-electron chi connectivity index (χ1n) is 14.1. The second-order valence-corrected chi connectivity index (χ2v) is 10.9. The second-order valence-electron chi connectivity index (χ2n) is 10.9. The van der Waals surface area contributed by atoms with Crippen LogP contribution in [0.25, 0.3) is 22.4 Å². The average molecular weight is 563 g/mol. The van der Waals surface area contributed by atoms with Gasteiger partial charge in [-0.2, -0.15) is 4.98 Å². The zero-order chi connectivity index (χ0) is 29.2. The molecule has 0 bridgehead atoms. The van der Waals surface area contributed by atoms with Crippen LogP contribution in [0.15, 0.2) is 72.9 Å². The van der Waals surface area contributed by atoms with Crippen LogP contribution in [0.2, 0.25) is 0 Å². The molecule has 0 spiro atoms. The Bertz CT molecular complexity index is 1760. The fraction of sp³-hybridized carbons (Fsp3) is 0.242. The first-order chi connectivity index (χ1) is 20.3. The molecule has 0 saturated carbocycles. The lowest BCUT2D eigenvalue weighted by molar-refractivity contribution is 0.102. The van der Waals surface area contributed by atoms with Gasteiger partial charge in [0.15, 0.2) is 5.82 Å². The molecule has 5 aromatic rings. The number of anilines is 1. The summed E-state index contributed by atoms with van der Waals surface area (Å²) in [5.41, 5.74) is 6.49. The topological polar surface area (TPSA) is 107 Å². The molecule has 0 aliphatic carbocycles. The number of hydrogen-bond donors (Lipinski definition) is 3. The molecule has 0 atom stereocenters. The molecule has 0 unspecified atom stereocenters. The maximum absolute atomic E-state index is 13.3. The lowest BCUT2D eigenvalue weighted by atomic mass is 10.1. The number of aromatic nitrogens is 3. The Morgan fingerprint density at radius 1 is 0.976 bits per heavy atom. The van der Waals surface area contributed by atoms with E-state index in [1.54, 1.807) is 36.5 Å². The fourth-order valence-electron chi connectivity index (χ4n) is 5.12. The van der Waals surface area contributed by atoms with Crippen LogP contribution >= 0.6 is 0 Å². The molecule has 3 aromatic carbocycles. The van der Waals surface area contributed by atoms with E-state index in [0.29, 0.717) is 39.6 Å². The van der Waals surface area contributed by atoms with Gasteiger partial charge in [-0.15, -0.1) is 0 Å². The molecule has 1 aliphatic rings. The SMILES string of the molecule is Cc1cc(NC(=O)c2ccc(C)c(Oc3nc(-c4cccc(O)c4)nc4cc[nH]c34)c2)ccc1CN1CCN(C)CC1. The molecule has 1 saturated heterocycles. The van der Waals surface area contributed by atoms with Gasteiger partial charge in [-0.1, -0.05) is 24.3 Å². The van der Waals surface area contributed by atoms with Crippen molar-refractivity contribution in [2.24, 2.45) is 0 Å². The summed E-state index contributed by atoms with van der Waals surface area (Å²) >= 11 is 0. The summed E-state index contributed by atoms with van der Waals surface area (Å²) in [7, 11) is 2.16. The Kier molecular flexibility index (Phi) is 7.60. The Balaban J connectivity index is 1.20. The van der Waals surface area contributed by atoms with Gasteiger partial charge in [0, 0.05) is 55.7 Å². The van der Waals surface area contributed by atoms with E-state index in [9.17, 15) is 9.90 Å².